The van der Waals surface area contributed by atoms with E-state index in [1.165, 1.54) is 23.1 Å². The molecule has 0 saturated heterocycles. The monoisotopic (exact) mass is 404 g/mol. The zero-order chi connectivity index (χ0) is 21.3. The number of ether oxygens (including phenoxy) is 2. The van der Waals surface area contributed by atoms with Crippen molar-refractivity contribution in [2.45, 2.75) is 6.36 Å². The molecule has 0 aliphatic heterocycles. The average Bonchev–Trinajstić information content (AvgIpc) is 2.69. The summed E-state index contributed by atoms with van der Waals surface area (Å²) in [7, 11) is 0. The zero-order valence-corrected chi connectivity index (χ0v) is 14.9. The summed E-state index contributed by atoms with van der Waals surface area (Å²) in [5, 5.41) is 8.88. The summed E-state index contributed by atoms with van der Waals surface area (Å²) in [6.45, 7) is -0.777. The molecule has 29 heavy (non-hydrogen) atoms. The molecule has 0 aliphatic carbocycles. The minimum Gasteiger partial charge on any atom is -0.452 e. The Morgan fingerprint density at radius 3 is 2.31 bits per heavy atom. The fourth-order valence-corrected chi connectivity index (χ4v) is 2.21. The average molecular weight is 404 g/mol. The molecule has 2 rings (SSSR count). The number of nitrogens with zero attached hydrogens (tertiary/aromatic N) is 2. The predicted molar refractivity (Wildman–Crippen MR) is 97.5 cm³/mol. The highest BCUT2D eigenvalue weighted by molar-refractivity contribution is 5.96. The van der Waals surface area contributed by atoms with Crippen LogP contribution in [0.15, 0.2) is 60.7 Å². The first kappa shape index (κ1) is 21.5. The number of carbonyl (C=O) groups excluding carboxylic acids is 2. The fourth-order valence-electron chi connectivity index (χ4n) is 2.21. The van der Waals surface area contributed by atoms with Crippen molar-refractivity contribution in [3.63, 3.8) is 0 Å². The van der Waals surface area contributed by atoms with Crippen molar-refractivity contribution in [2.75, 3.05) is 18.1 Å². The Bertz CT molecular complexity index is 904. The SMILES string of the molecule is N#CCN(C(=O)COC(=O)/C=C/c1ccc(OC(F)(F)F)cc1)c1ccccc1. The van der Waals surface area contributed by atoms with Crippen LogP contribution < -0.4 is 9.64 Å². The van der Waals surface area contributed by atoms with Crippen LogP contribution in [0.1, 0.15) is 5.56 Å². The number of amides is 1. The smallest absolute Gasteiger partial charge is 0.452 e. The molecule has 0 bridgehead atoms. The minimum atomic E-state index is -4.78. The topological polar surface area (TPSA) is 79.6 Å². The number of nitriles is 1. The Kier molecular flexibility index (Phi) is 7.37. The Balaban J connectivity index is 1.90. The molecule has 0 radical (unpaired) electrons. The lowest BCUT2D eigenvalue weighted by atomic mass is 10.2. The molecule has 9 heteroatoms. The van der Waals surface area contributed by atoms with E-state index in [-0.39, 0.29) is 12.3 Å². The van der Waals surface area contributed by atoms with Crippen molar-refractivity contribution in [3.05, 3.63) is 66.2 Å². The molecule has 0 N–H and O–H groups in total. The zero-order valence-electron chi connectivity index (χ0n) is 14.9. The van der Waals surface area contributed by atoms with E-state index in [4.69, 9.17) is 10.00 Å². The number of alkyl halides is 3. The van der Waals surface area contributed by atoms with Crippen molar-refractivity contribution in [2.24, 2.45) is 0 Å². The molecule has 0 unspecified atom stereocenters. The molecule has 0 heterocycles. The first-order valence-electron chi connectivity index (χ1n) is 8.21. The lowest BCUT2D eigenvalue weighted by molar-refractivity contribution is -0.274. The van der Waals surface area contributed by atoms with Crippen LogP contribution in [0.5, 0.6) is 5.75 Å². The minimum absolute atomic E-state index is 0.206. The van der Waals surface area contributed by atoms with Gasteiger partial charge < -0.3 is 9.47 Å². The highest BCUT2D eigenvalue weighted by atomic mass is 19.4. The van der Waals surface area contributed by atoms with Crippen molar-refractivity contribution in [3.8, 4) is 11.8 Å². The maximum Gasteiger partial charge on any atom is 0.573 e. The maximum atomic E-state index is 12.2. The molecule has 1 amide bonds. The molecular weight excluding hydrogens is 389 g/mol. The van der Waals surface area contributed by atoms with Gasteiger partial charge in [-0.1, -0.05) is 30.3 Å². The number of halogens is 3. The molecule has 0 spiro atoms. The van der Waals surface area contributed by atoms with E-state index < -0.39 is 24.8 Å². The van der Waals surface area contributed by atoms with E-state index in [9.17, 15) is 22.8 Å². The van der Waals surface area contributed by atoms with Gasteiger partial charge in [-0.2, -0.15) is 5.26 Å². The number of carbonyl (C=O) groups is 2. The van der Waals surface area contributed by atoms with Gasteiger partial charge in [-0.15, -0.1) is 13.2 Å². The van der Waals surface area contributed by atoms with Gasteiger partial charge in [-0.25, -0.2) is 4.79 Å². The molecule has 0 saturated carbocycles. The lowest BCUT2D eigenvalue weighted by Gasteiger charge is -2.19. The van der Waals surface area contributed by atoms with Crippen LogP contribution >= 0.6 is 0 Å². The van der Waals surface area contributed by atoms with E-state index in [0.29, 0.717) is 11.3 Å². The molecule has 2 aromatic carbocycles. The summed E-state index contributed by atoms with van der Waals surface area (Å²) < 4.78 is 44.9. The van der Waals surface area contributed by atoms with Gasteiger partial charge in [0.25, 0.3) is 5.91 Å². The van der Waals surface area contributed by atoms with Crippen LogP contribution in [0.3, 0.4) is 0 Å². The van der Waals surface area contributed by atoms with E-state index in [1.54, 1.807) is 30.3 Å². The largest absolute Gasteiger partial charge is 0.573 e. The van der Waals surface area contributed by atoms with Gasteiger partial charge in [0.05, 0.1) is 6.07 Å². The molecule has 0 atom stereocenters. The predicted octanol–water partition coefficient (Wildman–Crippen LogP) is 3.70. The van der Waals surface area contributed by atoms with E-state index >= 15 is 0 Å². The first-order chi connectivity index (χ1) is 13.8. The van der Waals surface area contributed by atoms with Crippen molar-refractivity contribution in [1.29, 1.82) is 5.26 Å². The number of esters is 1. The van der Waals surface area contributed by atoms with Gasteiger partial charge in [-0.05, 0) is 35.9 Å². The Hall–Kier alpha value is -3.80. The summed E-state index contributed by atoms with van der Waals surface area (Å²) in [6.07, 6.45) is -2.44. The van der Waals surface area contributed by atoms with Crippen LogP contribution in [0.2, 0.25) is 0 Å². The molecule has 0 fully saturated rings. The summed E-state index contributed by atoms with van der Waals surface area (Å²) in [6, 6.07) is 15.1. The second-order valence-corrected chi connectivity index (χ2v) is 5.53. The number of anilines is 1. The molecule has 0 aliphatic rings. The van der Waals surface area contributed by atoms with Gasteiger partial charge in [-0.3, -0.25) is 9.69 Å². The number of rotatable bonds is 7. The highest BCUT2D eigenvalue weighted by Crippen LogP contribution is 2.23. The van der Waals surface area contributed by atoms with Crippen LogP contribution in [0.25, 0.3) is 6.08 Å². The Labute approximate surface area is 164 Å². The van der Waals surface area contributed by atoms with Gasteiger partial charge in [0, 0.05) is 11.8 Å². The van der Waals surface area contributed by atoms with E-state index in [1.807, 2.05) is 6.07 Å². The Morgan fingerprint density at radius 1 is 1.07 bits per heavy atom. The van der Waals surface area contributed by atoms with Crippen LogP contribution in [0, 0.1) is 11.3 Å². The van der Waals surface area contributed by atoms with Crippen LogP contribution in [0.4, 0.5) is 18.9 Å². The number of hydrogen-bond acceptors (Lipinski definition) is 5. The lowest BCUT2D eigenvalue weighted by Crippen LogP contribution is -2.34. The van der Waals surface area contributed by atoms with Gasteiger partial charge in [0.15, 0.2) is 6.61 Å². The normalized spacial score (nSPS) is 11.0. The molecule has 0 aromatic heterocycles. The molecule has 6 nitrogen and oxygen atoms in total. The highest BCUT2D eigenvalue weighted by Gasteiger charge is 2.30. The molecular formula is C20H15F3N2O4. The van der Waals surface area contributed by atoms with Crippen LogP contribution in [-0.4, -0.2) is 31.4 Å². The first-order valence-corrected chi connectivity index (χ1v) is 8.21. The standard InChI is InChI=1S/C20H15F3N2O4/c21-20(22,23)29-17-9-6-15(7-10-17)8-11-19(27)28-14-18(26)25(13-12-24)16-4-2-1-3-5-16/h1-11H,13-14H2/b11-8+. The third-order valence-electron chi connectivity index (χ3n) is 3.46. The summed E-state index contributed by atoms with van der Waals surface area (Å²) in [5.74, 6) is -1.78. The third kappa shape index (κ3) is 7.38. The molecule has 2 aromatic rings. The van der Waals surface area contributed by atoms with Gasteiger partial charge in [0.2, 0.25) is 0 Å². The van der Waals surface area contributed by atoms with Crippen LogP contribution in [-0.2, 0) is 14.3 Å². The van der Waals surface area contributed by atoms with Crippen molar-refractivity contribution < 1.29 is 32.2 Å². The van der Waals surface area contributed by atoms with Crippen molar-refractivity contribution in [1.82, 2.24) is 0 Å². The third-order valence-corrected chi connectivity index (χ3v) is 3.46. The number of benzene rings is 2. The van der Waals surface area contributed by atoms with Gasteiger partial charge >= 0.3 is 12.3 Å². The maximum absolute atomic E-state index is 12.2. The number of para-hydroxylation sites is 1. The fraction of sp³-hybridized carbons (Fsp3) is 0.150. The Morgan fingerprint density at radius 2 is 1.72 bits per heavy atom. The second kappa shape index (κ2) is 9.94. The number of hydrogen-bond donors (Lipinski definition) is 0. The quantitative estimate of drug-likeness (QED) is 0.399. The summed E-state index contributed by atoms with van der Waals surface area (Å²) in [4.78, 5) is 25.2. The summed E-state index contributed by atoms with van der Waals surface area (Å²) in [5.41, 5.74) is 0.921. The second-order valence-electron chi connectivity index (χ2n) is 5.53. The summed E-state index contributed by atoms with van der Waals surface area (Å²) >= 11 is 0. The van der Waals surface area contributed by atoms with Crippen molar-refractivity contribution >= 4 is 23.6 Å². The van der Waals surface area contributed by atoms with E-state index in [0.717, 1.165) is 18.2 Å². The van der Waals surface area contributed by atoms with E-state index in [2.05, 4.69) is 4.74 Å². The van der Waals surface area contributed by atoms with Gasteiger partial charge in [0.1, 0.15) is 12.3 Å². The molecule has 150 valence electrons.